The molecule has 0 aromatic rings. The molecule has 2 atom stereocenters. The Morgan fingerprint density at radius 3 is 2.75 bits per heavy atom. The zero-order chi connectivity index (χ0) is 12.3. The Morgan fingerprint density at radius 1 is 1.62 bits per heavy atom. The van der Waals surface area contributed by atoms with Gasteiger partial charge in [0.05, 0.1) is 6.61 Å². The second-order valence-corrected chi connectivity index (χ2v) is 5.42. The van der Waals surface area contributed by atoms with Crippen LogP contribution in [0.2, 0.25) is 0 Å². The minimum atomic E-state index is -1.43. The summed E-state index contributed by atoms with van der Waals surface area (Å²) in [5.41, 5.74) is 0. The third-order valence-corrected chi connectivity index (χ3v) is 3.76. The number of carboxylic acid groups (broad SMARTS) is 1. The van der Waals surface area contributed by atoms with Crippen molar-refractivity contribution in [3.63, 3.8) is 0 Å². The summed E-state index contributed by atoms with van der Waals surface area (Å²) in [6.45, 7) is 1.89. The molecule has 2 unspecified atom stereocenters. The van der Waals surface area contributed by atoms with Gasteiger partial charge < -0.3 is 9.84 Å². The van der Waals surface area contributed by atoms with Crippen LogP contribution >= 0.6 is 31.9 Å². The number of carbonyl (C=O) groups excluding carboxylic acids is 1. The molecular formula is C10H10Br2O4. The molecule has 0 fully saturated rings. The molecule has 0 aliphatic heterocycles. The Balaban J connectivity index is 3.06. The van der Waals surface area contributed by atoms with Gasteiger partial charge in [-0.25, -0.2) is 0 Å². The fourth-order valence-electron chi connectivity index (χ4n) is 1.32. The van der Waals surface area contributed by atoms with Gasteiger partial charge in [0.25, 0.3) is 0 Å². The Labute approximate surface area is 110 Å². The number of rotatable bonds is 3. The summed E-state index contributed by atoms with van der Waals surface area (Å²) < 4.78 is 4.06. The molecule has 4 nitrogen and oxygen atoms in total. The molecular weight excluding hydrogens is 344 g/mol. The Morgan fingerprint density at radius 2 is 2.25 bits per heavy atom. The molecule has 1 aliphatic rings. The monoisotopic (exact) mass is 352 g/mol. The lowest BCUT2D eigenvalue weighted by molar-refractivity contribution is -0.152. The zero-order valence-corrected chi connectivity index (χ0v) is 11.6. The van der Waals surface area contributed by atoms with Gasteiger partial charge in [0.2, 0.25) is 0 Å². The topological polar surface area (TPSA) is 63.6 Å². The summed E-state index contributed by atoms with van der Waals surface area (Å²) >= 11 is 6.27. The van der Waals surface area contributed by atoms with Gasteiger partial charge in [0.15, 0.2) is 4.32 Å². The van der Waals surface area contributed by atoms with Crippen LogP contribution in [0.1, 0.15) is 6.92 Å². The van der Waals surface area contributed by atoms with E-state index >= 15 is 0 Å². The molecule has 16 heavy (non-hydrogen) atoms. The quantitative estimate of drug-likeness (QED) is 0.624. The van der Waals surface area contributed by atoms with Crippen molar-refractivity contribution < 1.29 is 19.4 Å². The van der Waals surface area contributed by atoms with Crippen LogP contribution < -0.4 is 0 Å². The lowest BCUT2D eigenvalue weighted by Gasteiger charge is -2.28. The number of ether oxygens (including phenoxy) is 1. The van der Waals surface area contributed by atoms with Crippen LogP contribution in [-0.2, 0) is 14.3 Å². The van der Waals surface area contributed by atoms with Crippen LogP contribution in [-0.4, -0.2) is 28.0 Å². The summed E-state index contributed by atoms with van der Waals surface area (Å²) in [6, 6.07) is 0. The highest BCUT2D eigenvalue weighted by molar-refractivity contribution is 9.12. The molecule has 0 heterocycles. The van der Waals surface area contributed by atoms with Gasteiger partial charge in [-0.2, -0.15) is 0 Å². The fourth-order valence-corrected chi connectivity index (χ4v) is 2.16. The first-order valence-electron chi connectivity index (χ1n) is 4.57. The molecule has 0 aromatic carbocycles. The predicted molar refractivity (Wildman–Crippen MR) is 65.6 cm³/mol. The number of hydrogen-bond acceptors (Lipinski definition) is 3. The van der Waals surface area contributed by atoms with E-state index in [0.717, 1.165) is 0 Å². The maximum absolute atomic E-state index is 11.6. The Bertz CT molecular complexity index is 375. The lowest BCUT2D eigenvalue weighted by atomic mass is 9.88. The third kappa shape index (κ3) is 2.55. The van der Waals surface area contributed by atoms with E-state index in [4.69, 9.17) is 9.84 Å². The molecule has 1 rings (SSSR count). The van der Waals surface area contributed by atoms with Crippen LogP contribution in [0.3, 0.4) is 0 Å². The highest BCUT2D eigenvalue weighted by Gasteiger charge is 2.46. The smallest absolute Gasteiger partial charge is 0.325 e. The number of allylic oxidation sites excluding steroid dienone is 2. The van der Waals surface area contributed by atoms with E-state index in [1.165, 1.54) is 12.2 Å². The molecule has 0 aromatic heterocycles. The molecule has 0 amide bonds. The first-order chi connectivity index (χ1) is 7.41. The van der Waals surface area contributed by atoms with Gasteiger partial charge in [-0.1, -0.05) is 50.1 Å². The zero-order valence-electron chi connectivity index (χ0n) is 8.44. The van der Waals surface area contributed by atoms with Crippen molar-refractivity contribution in [1.82, 2.24) is 0 Å². The van der Waals surface area contributed by atoms with Gasteiger partial charge in [0, 0.05) is 4.48 Å². The van der Waals surface area contributed by atoms with E-state index in [2.05, 4.69) is 31.9 Å². The van der Waals surface area contributed by atoms with E-state index in [1.54, 1.807) is 13.0 Å². The maximum atomic E-state index is 11.6. The molecule has 1 N–H and O–H groups in total. The van der Waals surface area contributed by atoms with E-state index < -0.39 is 22.2 Å². The van der Waals surface area contributed by atoms with Crippen LogP contribution in [0.15, 0.2) is 22.7 Å². The number of alkyl halides is 1. The van der Waals surface area contributed by atoms with Crippen molar-refractivity contribution in [2.24, 2.45) is 5.92 Å². The fraction of sp³-hybridized carbons (Fsp3) is 0.400. The SMILES string of the molecule is CCOC(=O)C1C=C(Br)C=CC1(Br)C(=O)O. The number of aliphatic carboxylic acids is 1. The number of halogens is 2. The minimum Gasteiger partial charge on any atom is -0.480 e. The molecule has 0 saturated heterocycles. The number of esters is 1. The average Bonchev–Trinajstić information content (AvgIpc) is 2.22. The molecule has 0 saturated carbocycles. The molecule has 1 aliphatic carbocycles. The Hall–Kier alpha value is -0.620. The molecule has 0 radical (unpaired) electrons. The van der Waals surface area contributed by atoms with Gasteiger partial charge in [0.1, 0.15) is 5.92 Å². The van der Waals surface area contributed by atoms with Gasteiger partial charge in [-0.3, -0.25) is 9.59 Å². The highest BCUT2D eigenvalue weighted by Crippen LogP contribution is 2.37. The van der Waals surface area contributed by atoms with Crippen molar-refractivity contribution in [3.8, 4) is 0 Å². The lowest BCUT2D eigenvalue weighted by Crippen LogP contribution is -2.43. The van der Waals surface area contributed by atoms with Gasteiger partial charge >= 0.3 is 11.9 Å². The van der Waals surface area contributed by atoms with Crippen LogP contribution in [0.5, 0.6) is 0 Å². The normalized spacial score (nSPS) is 28.4. The summed E-state index contributed by atoms with van der Waals surface area (Å²) in [7, 11) is 0. The van der Waals surface area contributed by atoms with Crippen LogP contribution in [0, 0.1) is 5.92 Å². The molecule has 0 spiro atoms. The van der Waals surface area contributed by atoms with Crippen LogP contribution in [0.25, 0.3) is 0 Å². The minimum absolute atomic E-state index is 0.215. The number of carboxylic acids is 1. The van der Waals surface area contributed by atoms with E-state index in [9.17, 15) is 9.59 Å². The molecule has 0 bridgehead atoms. The van der Waals surface area contributed by atoms with E-state index in [1.807, 2.05) is 0 Å². The number of carbonyl (C=O) groups is 2. The second kappa shape index (κ2) is 5.14. The van der Waals surface area contributed by atoms with E-state index in [-0.39, 0.29) is 6.61 Å². The molecule has 88 valence electrons. The second-order valence-electron chi connectivity index (χ2n) is 3.19. The van der Waals surface area contributed by atoms with Crippen LogP contribution in [0.4, 0.5) is 0 Å². The highest BCUT2D eigenvalue weighted by atomic mass is 79.9. The predicted octanol–water partition coefficient (Wildman–Crippen LogP) is 2.23. The average molecular weight is 354 g/mol. The summed E-state index contributed by atoms with van der Waals surface area (Å²) in [4.78, 5) is 22.8. The standard InChI is InChI=1S/C10H10Br2O4/c1-2-16-8(13)7-5-6(11)3-4-10(7,12)9(14)15/h3-5,7H,2H2,1H3,(H,14,15). The van der Waals surface area contributed by atoms with Gasteiger partial charge in [-0.15, -0.1) is 0 Å². The van der Waals surface area contributed by atoms with Crippen molar-refractivity contribution >= 4 is 43.8 Å². The Kier molecular flexibility index (Phi) is 4.32. The first kappa shape index (κ1) is 13.4. The third-order valence-electron chi connectivity index (χ3n) is 2.13. The first-order valence-corrected chi connectivity index (χ1v) is 6.16. The van der Waals surface area contributed by atoms with Crippen molar-refractivity contribution in [2.75, 3.05) is 6.61 Å². The molecule has 6 heteroatoms. The maximum Gasteiger partial charge on any atom is 0.325 e. The summed E-state index contributed by atoms with van der Waals surface area (Å²) in [6.07, 6.45) is 4.51. The van der Waals surface area contributed by atoms with Crippen molar-refractivity contribution in [3.05, 3.63) is 22.7 Å². The van der Waals surface area contributed by atoms with E-state index in [0.29, 0.717) is 4.48 Å². The van der Waals surface area contributed by atoms with Crippen molar-refractivity contribution in [2.45, 2.75) is 11.2 Å². The number of hydrogen-bond donors (Lipinski definition) is 1. The summed E-state index contributed by atoms with van der Waals surface area (Å²) in [5.74, 6) is -2.58. The largest absolute Gasteiger partial charge is 0.480 e. The summed E-state index contributed by atoms with van der Waals surface area (Å²) in [5, 5.41) is 9.12. The van der Waals surface area contributed by atoms with Gasteiger partial charge in [-0.05, 0) is 6.92 Å². The van der Waals surface area contributed by atoms with Crippen molar-refractivity contribution in [1.29, 1.82) is 0 Å².